The quantitative estimate of drug-likeness (QED) is 0.549. The van der Waals surface area contributed by atoms with Crippen molar-refractivity contribution in [1.29, 1.82) is 0 Å². The van der Waals surface area contributed by atoms with Crippen molar-refractivity contribution in [3.05, 3.63) is 35.9 Å². The first-order chi connectivity index (χ1) is 8.67. The first-order valence-electron chi connectivity index (χ1n) is 6.05. The fraction of sp³-hybridized carbons (Fsp3) is 0.400. The Morgan fingerprint density at radius 3 is 2.56 bits per heavy atom. The van der Waals surface area contributed by atoms with Crippen LogP contribution < -0.4 is 9.47 Å². The molecule has 98 valence electrons. The van der Waals surface area contributed by atoms with Crippen LogP contribution in [0.4, 0.5) is 0 Å². The summed E-state index contributed by atoms with van der Waals surface area (Å²) >= 11 is 0. The maximum absolute atomic E-state index is 10.7. The average molecular weight is 248 g/mol. The Kier molecular flexibility index (Phi) is 5.98. The number of aryl methyl sites for hydroxylation is 1. The van der Waals surface area contributed by atoms with Gasteiger partial charge in [0.15, 0.2) is 17.3 Å². The van der Waals surface area contributed by atoms with E-state index < -0.39 is 0 Å². The molecule has 0 aliphatic carbocycles. The van der Waals surface area contributed by atoms with E-state index in [1.807, 2.05) is 24.3 Å². The van der Waals surface area contributed by atoms with Crippen LogP contribution in [0.2, 0.25) is 0 Å². The molecule has 0 N–H and O–H groups in total. The summed E-state index contributed by atoms with van der Waals surface area (Å²) in [6.07, 6.45) is 6.42. The van der Waals surface area contributed by atoms with Gasteiger partial charge in [-0.25, -0.2) is 0 Å². The van der Waals surface area contributed by atoms with Gasteiger partial charge in [-0.1, -0.05) is 12.1 Å². The van der Waals surface area contributed by atoms with Crippen LogP contribution in [0.15, 0.2) is 30.4 Å². The molecule has 3 nitrogen and oxygen atoms in total. The maximum atomic E-state index is 10.7. The Morgan fingerprint density at radius 1 is 1.22 bits per heavy atom. The van der Waals surface area contributed by atoms with Crippen LogP contribution in [0.1, 0.15) is 25.3 Å². The molecule has 0 radical (unpaired) electrons. The SMILES string of the molecule is COc1ccc(CCCC=CC(C)=O)cc1OC. The second-order valence-electron chi connectivity index (χ2n) is 4.09. The zero-order valence-electron chi connectivity index (χ0n) is 11.2. The molecule has 0 aromatic heterocycles. The number of allylic oxidation sites excluding steroid dienone is 2. The number of carbonyl (C=O) groups excluding carboxylic acids is 1. The molecule has 1 aromatic carbocycles. The van der Waals surface area contributed by atoms with Crippen LogP contribution in [0, 0.1) is 0 Å². The Bertz CT molecular complexity index is 422. The normalized spacial score (nSPS) is 10.6. The molecule has 0 aliphatic heterocycles. The molecule has 0 fully saturated rings. The monoisotopic (exact) mass is 248 g/mol. The van der Waals surface area contributed by atoms with E-state index in [0.717, 1.165) is 30.8 Å². The molecule has 1 aromatic rings. The van der Waals surface area contributed by atoms with E-state index in [2.05, 4.69) is 0 Å². The number of carbonyl (C=O) groups is 1. The van der Waals surface area contributed by atoms with Gasteiger partial charge >= 0.3 is 0 Å². The van der Waals surface area contributed by atoms with Crippen LogP contribution in [0.3, 0.4) is 0 Å². The fourth-order valence-electron chi connectivity index (χ4n) is 1.71. The Hall–Kier alpha value is -1.77. The minimum Gasteiger partial charge on any atom is -0.493 e. The third-order valence-electron chi connectivity index (χ3n) is 2.64. The van der Waals surface area contributed by atoms with Gasteiger partial charge in [0.1, 0.15) is 0 Å². The summed E-state index contributed by atoms with van der Waals surface area (Å²) in [6, 6.07) is 5.95. The van der Waals surface area contributed by atoms with E-state index in [0.29, 0.717) is 0 Å². The predicted molar refractivity (Wildman–Crippen MR) is 72.3 cm³/mol. The van der Waals surface area contributed by atoms with Crippen LogP contribution >= 0.6 is 0 Å². The van der Waals surface area contributed by atoms with Crippen LogP contribution in [0.25, 0.3) is 0 Å². The van der Waals surface area contributed by atoms with Gasteiger partial charge in [-0.2, -0.15) is 0 Å². The Morgan fingerprint density at radius 2 is 1.94 bits per heavy atom. The molecule has 18 heavy (non-hydrogen) atoms. The lowest BCUT2D eigenvalue weighted by molar-refractivity contribution is -0.112. The molecular weight excluding hydrogens is 228 g/mol. The summed E-state index contributed by atoms with van der Waals surface area (Å²) in [4.78, 5) is 10.7. The lowest BCUT2D eigenvalue weighted by Gasteiger charge is -2.09. The molecule has 0 bridgehead atoms. The summed E-state index contributed by atoms with van der Waals surface area (Å²) in [5, 5.41) is 0. The summed E-state index contributed by atoms with van der Waals surface area (Å²) in [7, 11) is 3.27. The lowest BCUT2D eigenvalue weighted by atomic mass is 10.1. The maximum Gasteiger partial charge on any atom is 0.160 e. The second kappa shape index (κ2) is 7.54. The third-order valence-corrected chi connectivity index (χ3v) is 2.64. The van der Waals surface area contributed by atoms with E-state index in [1.54, 1.807) is 27.2 Å². The van der Waals surface area contributed by atoms with Gasteiger partial charge < -0.3 is 9.47 Å². The highest BCUT2D eigenvalue weighted by Crippen LogP contribution is 2.28. The highest BCUT2D eigenvalue weighted by Gasteiger charge is 2.03. The molecule has 0 heterocycles. The summed E-state index contributed by atoms with van der Waals surface area (Å²) < 4.78 is 10.4. The minimum absolute atomic E-state index is 0.0983. The van der Waals surface area contributed by atoms with Crippen molar-refractivity contribution in [2.24, 2.45) is 0 Å². The van der Waals surface area contributed by atoms with E-state index in [9.17, 15) is 4.79 Å². The number of ketones is 1. The molecule has 0 aliphatic rings. The summed E-state index contributed by atoms with van der Waals surface area (Å²) in [5.74, 6) is 1.60. The predicted octanol–water partition coefficient (Wildman–Crippen LogP) is 3.17. The number of methoxy groups -OCH3 is 2. The number of rotatable bonds is 7. The Labute approximate surface area is 108 Å². The molecule has 0 saturated carbocycles. The minimum atomic E-state index is 0.0983. The lowest BCUT2D eigenvalue weighted by Crippen LogP contribution is -1.92. The van der Waals surface area contributed by atoms with E-state index in [-0.39, 0.29) is 5.78 Å². The number of benzene rings is 1. The largest absolute Gasteiger partial charge is 0.493 e. The van der Waals surface area contributed by atoms with Crippen molar-refractivity contribution in [2.75, 3.05) is 14.2 Å². The fourth-order valence-corrected chi connectivity index (χ4v) is 1.71. The zero-order valence-corrected chi connectivity index (χ0v) is 11.2. The number of unbranched alkanes of at least 4 members (excludes halogenated alkanes) is 1. The van der Waals surface area contributed by atoms with Crippen LogP contribution in [-0.2, 0) is 11.2 Å². The second-order valence-corrected chi connectivity index (χ2v) is 4.09. The first kappa shape index (κ1) is 14.3. The van der Waals surface area contributed by atoms with Gasteiger partial charge in [0.2, 0.25) is 0 Å². The Balaban J connectivity index is 2.50. The molecule has 1 rings (SSSR count). The molecule has 0 unspecified atom stereocenters. The molecular formula is C15H20O3. The van der Waals surface area contributed by atoms with E-state index in [1.165, 1.54) is 5.56 Å². The highest BCUT2D eigenvalue weighted by atomic mass is 16.5. The zero-order chi connectivity index (χ0) is 13.4. The average Bonchev–Trinajstić information content (AvgIpc) is 2.37. The molecule has 3 heteroatoms. The summed E-state index contributed by atoms with van der Waals surface area (Å²) in [5.41, 5.74) is 1.21. The van der Waals surface area contributed by atoms with Gasteiger partial charge in [-0.15, -0.1) is 0 Å². The highest BCUT2D eigenvalue weighted by molar-refractivity contribution is 5.87. The van der Waals surface area contributed by atoms with Crippen molar-refractivity contribution in [3.8, 4) is 11.5 Å². The third kappa shape index (κ3) is 4.62. The standard InChI is InChI=1S/C15H20O3/c1-12(16)7-5-4-6-8-13-9-10-14(17-2)15(11-13)18-3/h5,7,9-11H,4,6,8H2,1-3H3. The topological polar surface area (TPSA) is 35.5 Å². The smallest absolute Gasteiger partial charge is 0.160 e. The summed E-state index contributed by atoms with van der Waals surface area (Å²) in [6.45, 7) is 1.56. The molecule has 0 atom stereocenters. The van der Waals surface area contributed by atoms with Crippen molar-refractivity contribution >= 4 is 5.78 Å². The van der Waals surface area contributed by atoms with Gasteiger partial charge in [0.25, 0.3) is 0 Å². The molecule has 0 amide bonds. The van der Waals surface area contributed by atoms with Gasteiger partial charge in [0.05, 0.1) is 14.2 Å². The van der Waals surface area contributed by atoms with Crippen molar-refractivity contribution in [2.45, 2.75) is 26.2 Å². The number of ether oxygens (including phenoxy) is 2. The van der Waals surface area contributed by atoms with Gasteiger partial charge in [-0.3, -0.25) is 4.79 Å². The number of hydrogen-bond donors (Lipinski definition) is 0. The molecule has 0 saturated heterocycles. The van der Waals surface area contributed by atoms with Crippen LogP contribution in [-0.4, -0.2) is 20.0 Å². The molecule has 0 spiro atoms. The number of hydrogen-bond acceptors (Lipinski definition) is 3. The van der Waals surface area contributed by atoms with Gasteiger partial charge in [-0.05, 0) is 50.0 Å². The van der Waals surface area contributed by atoms with Crippen molar-refractivity contribution < 1.29 is 14.3 Å². The van der Waals surface area contributed by atoms with Crippen LogP contribution in [0.5, 0.6) is 11.5 Å². The van der Waals surface area contributed by atoms with E-state index >= 15 is 0 Å². The first-order valence-corrected chi connectivity index (χ1v) is 6.05. The van der Waals surface area contributed by atoms with E-state index in [4.69, 9.17) is 9.47 Å². The van der Waals surface area contributed by atoms with Crippen molar-refractivity contribution in [1.82, 2.24) is 0 Å². The van der Waals surface area contributed by atoms with Crippen molar-refractivity contribution in [3.63, 3.8) is 0 Å². The van der Waals surface area contributed by atoms with Gasteiger partial charge in [0, 0.05) is 0 Å².